The topological polar surface area (TPSA) is 46.9 Å². The van der Waals surface area contributed by atoms with E-state index in [1.54, 1.807) is 0 Å². The maximum absolute atomic E-state index is 10.3. The fraction of sp³-hybridized carbons (Fsp3) is 0.467. The van der Waals surface area contributed by atoms with E-state index in [4.69, 9.17) is 0 Å². The van der Waals surface area contributed by atoms with Crippen molar-refractivity contribution in [3.63, 3.8) is 0 Å². The second-order valence-electron chi connectivity index (χ2n) is 4.96. The van der Waals surface area contributed by atoms with Gasteiger partial charge in [-0.05, 0) is 18.1 Å². The molecule has 0 spiro atoms. The fourth-order valence-corrected chi connectivity index (χ4v) is 2.20. The second kappa shape index (κ2) is 6.36. The first-order valence-corrected chi connectivity index (χ1v) is 6.87. The zero-order valence-electron chi connectivity index (χ0n) is 11.6. The van der Waals surface area contributed by atoms with Gasteiger partial charge in [-0.15, -0.1) is 0 Å². The highest BCUT2D eigenvalue weighted by molar-refractivity contribution is 5.75. The lowest BCUT2D eigenvalue weighted by atomic mass is 10.1. The molecule has 19 heavy (non-hydrogen) atoms. The Morgan fingerprint density at radius 3 is 2.95 bits per heavy atom. The molecule has 0 aliphatic heterocycles. The van der Waals surface area contributed by atoms with Crippen LogP contribution in [-0.4, -0.2) is 22.5 Å². The molecule has 1 amide bonds. The number of carbonyl (C=O) groups excluding carboxylic acids is 1. The van der Waals surface area contributed by atoms with Gasteiger partial charge in [-0.25, -0.2) is 4.98 Å². The van der Waals surface area contributed by atoms with Crippen molar-refractivity contribution < 1.29 is 4.79 Å². The summed E-state index contributed by atoms with van der Waals surface area (Å²) in [5.41, 5.74) is 2.22. The lowest BCUT2D eigenvalue weighted by molar-refractivity contribution is -0.109. The van der Waals surface area contributed by atoms with Crippen molar-refractivity contribution in [2.24, 2.45) is 5.92 Å². The molecule has 4 heteroatoms. The number of carbonyl (C=O) groups is 1. The molecule has 4 nitrogen and oxygen atoms in total. The molecule has 0 radical (unpaired) electrons. The summed E-state index contributed by atoms with van der Waals surface area (Å²) in [5.74, 6) is 1.67. The van der Waals surface area contributed by atoms with Crippen molar-refractivity contribution in [1.82, 2.24) is 14.9 Å². The lowest BCUT2D eigenvalue weighted by Crippen LogP contribution is -2.18. The fourth-order valence-electron chi connectivity index (χ4n) is 2.20. The van der Waals surface area contributed by atoms with Gasteiger partial charge in [-0.1, -0.05) is 32.4 Å². The number of fused-ring (bicyclic) bond motifs is 1. The molecular formula is C15H21N3O. The molecule has 1 unspecified atom stereocenters. The minimum atomic E-state index is 0.621. The third-order valence-corrected chi connectivity index (χ3v) is 3.50. The molecule has 0 aliphatic rings. The molecule has 1 heterocycles. The standard InChI is InChI=1S/C15H21N3O/c1-3-12(2)10-18-14-7-5-4-6-13(14)17-15(18)8-9-16-11-19/h4-7,11-12H,3,8-10H2,1-2H3,(H,16,19). The maximum atomic E-state index is 10.3. The van der Waals surface area contributed by atoms with Crippen molar-refractivity contribution >= 4 is 17.4 Å². The van der Waals surface area contributed by atoms with Gasteiger partial charge < -0.3 is 9.88 Å². The van der Waals surface area contributed by atoms with Gasteiger partial charge in [0, 0.05) is 19.5 Å². The third-order valence-electron chi connectivity index (χ3n) is 3.50. The number of rotatable bonds is 7. The van der Waals surface area contributed by atoms with E-state index in [9.17, 15) is 4.79 Å². The molecule has 1 aromatic heterocycles. The van der Waals surface area contributed by atoms with Crippen molar-refractivity contribution in [3.8, 4) is 0 Å². The van der Waals surface area contributed by atoms with Crippen LogP contribution in [0.1, 0.15) is 26.1 Å². The Hall–Kier alpha value is -1.84. The number of benzene rings is 1. The van der Waals surface area contributed by atoms with Crippen LogP contribution < -0.4 is 5.32 Å². The summed E-state index contributed by atoms with van der Waals surface area (Å²) in [6.07, 6.45) is 2.66. The highest BCUT2D eigenvalue weighted by atomic mass is 16.1. The number of imidazole rings is 1. The van der Waals surface area contributed by atoms with Crippen LogP contribution in [0, 0.1) is 5.92 Å². The Kier molecular flexibility index (Phi) is 4.55. The van der Waals surface area contributed by atoms with Crippen LogP contribution in [0.5, 0.6) is 0 Å². The maximum Gasteiger partial charge on any atom is 0.207 e. The SMILES string of the molecule is CCC(C)Cn1c(CCNC=O)nc2ccccc21. The first-order chi connectivity index (χ1) is 9.26. The van der Waals surface area contributed by atoms with Crippen LogP contribution in [0.15, 0.2) is 24.3 Å². The van der Waals surface area contributed by atoms with Gasteiger partial charge >= 0.3 is 0 Å². The Bertz CT molecular complexity index is 547. The van der Waals surface area contributed by atoms with E-state index in [0.717, 1.165) is 37.1 Å². The Morgan fingerprint density at radius 1 is 1.42 bits per heavy atom. The number of aromatic nitrogens is 2. The summed E-state index contributed by atoms with van der Waals surface area (Å²) in [5, 5.41) is 2.70. The van der Waals surface area contributed by atoms with Crippen LogP contribution in [0.2, 0.25) is 0 Å². The van der Waals surface area contributed by atoms with E-state index in [1.165, 1.54) is 5.52 Å². The van der Waals surface area contributed by atoms with E-state index >= 15 is 0 Å². The van der Waals surface area contributed by atoms with Gasteiger partial charge in [0.1, 0.15) is 5.82 Å². The lowest BCUT2D eigenvalue weighted by Gasteiger charge is -2.13. The number of nitrogens with one attached hydrogen (secondary N) is 1. The van der Waals surface area contributed by atoms with E-state index in [-0.39, 0.29) is 0 Å². The van der Waals surface area contributed by atoms with E-state index in [1.807, 2.05) is 18.2 Å². The average molecular weight is 259 g/mol. The summed E-state index contributed by atoms with van der Waals surface area (Å²) >= 11 is 0. The Balaban J connectivity index is 2.31. The molecule has 1 aromatic carbocycles. The molecular weight excluding hydrogens is 238 g/mol. The molecule has 0 fully saturated rings. The van der Waals surface area contributed by atoms with Gasteiger partial charge in [0.15, 0.2) is 0 Å². The van der Waals surface area contributed by atoms with Crippen LogP contribution in [0.3, 0.4) is 0 Å². The van der Waals surface area contributed by atoms with Crippen LogP contribution in [-0.2, 0) is 17.8 Å². The zero-order chi connectivity index (χ0) is 13.7. The molecule has 0 bridgehead atoms. The summed E-state index contributed by atoms with van der Waals surface area (Å²) in [6.45, 7) is 6.07. The van der Waals surface area contributed by atoms with Gasteiger partial charge in [0.05, 0.1) is 11.0 Å². The first-order valence-electron chi connectivity index (χ1n) is 6.87. The number of hydrogen-bond donors (Lipinski definition) is 1. The first kappa shape index (κ1) is 13.6. The molecule has 0 saturated carbocycles. The van der Waals surface area contributed by atoms with Crippen molar-refractivity contribution in [2.75, 3.05) is 6.54 Å². The van der Waals surface area contributed by atoms with Crippen LogP contribution in [0.25, 0.3) is 11.0 Å². The van der Waals surface area contributed by atoms with Gasteiger partial charge in [0.2, 0.25) is 6.41 Å². The molecule has 2 rings (SSSR count). The molecule has 1 atom stereocenters. The Labute approximate surface area is 113 Å². The van der Waals surface area contributed by atoms with Gasteiger partial charge in [0.25, 0.3) is 0 Å². The predicted molar refractivity (Wildman–Crippen MR) is 77.0 cm³/mol. The monoisotopic (exact) mass is 259 g/mol. The summed E-state index contributed by atoms with van der Waals surface area (Å²) in [4.78, 5) is 15.0. The van der Waals surface area contributed by atoms with E-state index < -0.39 is 0 Å². The summed E-state index contributed by atoms with van der Waals surface area (Å²) in [6, 6.07) is 8.21. The summed E-state index contributed by atoms with van der Waals surface area (Å²) in [7, 11) is 0. The van der Waals surface area contributed by atoms with Gasteiger partial charge in [-0.2, -0.15) is 0 Å². The molecule has 2 aromatic rings. The molecule has 1 N–H and O–H groups in total. The predicted octanol–water partition coefficient (Wildman–Crippen LogP) is 2.37. The normalized spacial score (nSPS) is 12.5. The Morgan fingerprint density at radius 2 is 2.21 bits per heavy atom. The smallest absolute Gasteiger partial charge is 0.207 e. The highest BCUT2D eigenvalue weighted by Crippen LogP contribution is 2.19. The van der Waals surface area contributed by atoms with Crippen molar-refractivity contribution in [3.05, 3.63) is 30.1 Å². The van der Waals surface area contributed by atoms with E-state index in [2.05, 4.69) is 34.8 Å². The largest absolute Gasteiger partial charge is 0.358 e. The van der Waals surface area contributed by atoms with Crippen molar-refractivity contribution in [2.45, 2.75) is 33.2 Å². The summed E-state index contributed by atoms with van der Waals surface area (Å²) < 4.78 is 2.29. The second-order valence-corrected chi connectivity index (χ2v) is 4.96. The third kappa shape index (κ3) is 3.13. The number of hydrogen-bond acceptors (Lipinski definition) is 2. The van der Waals surface area contributed by atoms with Crippen LogP contribution >= 0.6 is 0 Å². The zero-order valence-corrected chi connectivity index (χ0v) is 11.6. The number of nitrogens with zero attached hydrogens (tertiary/aromatic N) is 2. The molecule has 0 aliphatic carbocycles. The van der Waals surface area contributed by atoms with Gasteiger partial charge in [-0.3, -0.25) is 4.79 Å². The minimum Gasteiger partial charge on any atom is -0.358 e. The highest BCUT2D eigenvalue weighted by Gasteiger charge is 2.11. The number of para-hydroxylation sites is 2. The quantitative estimate of drug-likeness (QED) is 0.613. The molecule has 102 valence electrons. The van der Waals surface area contributed by atoms with Crippen molar-refractivity contribution in [1.29, 1.82) is 0 Å². The minimum absolute atomic E-state index is 0.621. The van der Waals surface area contributed by atoms with Crippen LogP contribution in [0.4, 0.5) is 0 Å². The molecule has 0 saturated heterocycles. The number of amides is 1. The van der Waals surface area contributed by atoms with E-state index in [0.29, 0.717) is 12.5 Å². The average Bonchev–Trinajstić information content (AvgIpc) is 2.77.